The van der Waals surface area contributed by atoms with Crippen LogP contribution in [0.1, 0.15) is 69.7 Å². The Bertz CT molecular complexity index is 962. The largest absolute Gasteiger partial charge is 0.477 e. The zero-order chi connectivity index (χ0) is 24.4. The van der Waals surface area contributed by atoms with Crippen LogP contribution >= 0.6 is 0 Å². The van der Waals surface area contributed by atoms with Gasteiger partial charge in [0.25, 0.3) is 0 Å². The average molecular weight is 468 g/mol. The maximum absolute atomic E-state index is 13.1. The molecule has 2 aromatic rings. The van der Waals surface area contributed by atoms with E-state index < -0.39 is 23.4 Å². The number of hydrogen-bond donors (Lipinski definition) is 0. The van der Waals surface area contributed by atoms with E-state index in [1.807, 2.05) is 34.6 Å². The van der Waals surface area contributed by atoms with Crippen LogP contribution in [-0.2, 0) is 30.3 Å². The van der Waals surface area contributed by atoms with Crippen LogP contribution in [0.5, 0.6) is 5.88 Å². The highest BCUT2D eigenvalue weighted by Crippen LogP contribution is 2.38. The van der Waals surface area contributed by atoms with E-state index >= 15 is 0 Å². The van der Waals surface area contributed by atoms with Crippen molar-refractivity contribution >= 4 is 6.09 Å². The standard InChI is InChI=1S/C24H32F3N3O3/c1-6-19-28-21(32-7-2)20-18(13-10-16-8-11-17(12-9-16)24(25,26)27)29(14-15-30(19)20)22(31)33-23(3,4)5/h8-9,11-12,18H,6-7,10,13-15H2,1-5H3. The molecule has 33 heavy (non-hydrogen) atoms. The molecule has 0 saturated heterocycles. The number of aromatic nitrogens is 2. The number of amides is 1. The van der Waals surface area contributed by atoms with Crippen molar-refractivity contribution in [2.24, 2.45) is 0 Å². The van der Waals surface area contributed by atoms with Crippen molar-refractivity contribution in [2.75, 3.05) is 13.2 Å². The zero-order valence-electron chi connectivity index (χ0n) is 19.8. The predicted octanol–water partition coefficient (Wildman–Crippen LogP) is 5.79. The normalized spacial score (nSPS) is 16.5. The number of alkyl halides is 3. The number of benzene rings is 1. The van der Waals surface area contributed by atoms with Crippen LogP contribution in [0.2, 0.25) is 0 Å². The van der Waals surface area contributed by atoms with Crippen molar-refractivity contribution in [3.8, 4) is 5.88 Å². The summed E-state index contributed by atoms with van der Waals surface area (Å²) in [5.41, 5.74) is 0.253. The molecule has 1 aromatic carbocycles. The second-order valence-electron chi connectivity index (χ2n) is 9.08. The quantitative estimate of drug-likeness (QED) is 0.540. The van der Waals surface area contributed by atoms with Gasteiger partial charge in [-0.3, -0.25) is 4.90 Å². The van der Waals surface area contributed by atoms with E-state index in [1.54, 1.807) is 4.90 Å². The van der Waals surface area contributed by atoms with E-state index in [-0.39, 0.29) is 6.04 Å². The second kappa shape index (κ2) is 9.65. The second-order valence-corrected chi connectivity index (χ2v) is 9.08. The third kappa shape index (κ3) is 5.81. The molecule has 0 fully saturated rings. The van der Waals surface area contributed by atoms with Crippen molar-refractivity contribution in [3.63, 3.8) is 0 Å². The first-order chi connectivity index (χ1) is 15.4. The zero-order valence-corrected chi connectivity index (χ0v) is 19.8. The molecule has 2 heterocycles. The van der Waals surface area contributed by atoms with Gasteiger partial charge >= 0.3 is 12.3 Å². The lowest BCUT2D eigenvalue weighted by atomic mass is 9.99. The molecule has 0 spiro atoms. The molecular formula is C24H32F3N3O3. The first-order valence-corrected chi connectivity index (χ1v) is 11.3. The van der Waals surface area contributed by atoms with Gasteiger partial charge in [0, 0.05) is 19.5 Å². The number of ether oxygens (including phenoxy) is 2. The number of nitrogens with zero attached hydrogens (tertiary/aromatic N) is 3. The molecular weight excluding hydrogens is 435 g/mol. The molecule has 0 bridgehead atoms. The molecule has 0 aliphatic carbocycles. The van der Waals surface area contributed by atoms with E-state index in [4.69, 9.17) is 9.47 Å². The van der Waals surface area contributed by atoms with Crippen LogP contribution in [0.3, 0.4) is 0 Å². The number of carbonyl (C=O) groups excluding carboxylic acids is 1. The fourth-order valence-corrected chi connectivity index (χ4v) is 4.08. The Hall–Kier alpha value is -2.71. The van der Waals surface area contributed by atoms with Crippen LogP contribution in [0.25, 0.3) is 0 Å². The summed E-state index contributed by atoms with van der Waals surface area (Å²) in [5, 5.41) is 0. The summed E-state index contributed by atoms with van der Waals surface area (Å²) in [6, 6.07) is 4.79. The molecule has 0 N–H and O–H groups in total. The van der Waals surface area contributed by atoms with Crippen LogP contribution in [0, 0.1) is 0 Å². The minimum atomic E-state index is -4.37. The highest BCUT2D eigenvalue weighted by atomic mass is 19.4. The molecule has 1 aliphatic rings. The monoisotopic (exact) mass is 467 g/mol. The SMILES string of the molecule is CCOc1nc(CC)n2c1C(CCc1ccc(C(F)(F)F)cc1)N(C(=O)OC(C)(C)C)CC2. The predicted molar refractivity (Wildman–Crippen MR) is 118 cm³/mol. The van der Waals surface area contributed by atoms with Gasteiger partial charge in [0.1, 0.15) is 17.1 Å². The van der Waals surface area contributed by atoms with E-state index in [1.165, 1.54) is 12.1 Å². The molecule has 1 aromatic heterocycles. The molecule has 9 heteroatoms. The van der Waals surface area contributed by atoms with Crippen molar-refractivity contribution in [3.05, 3.63) is 46.9 Å². The van der Waals surface area contributed by atoms with Crippen molar-refractivity contribution in [1.82, 2.24) is 14.5 Å². The van der Waals surface area contributed by atoms with Gasteiger partial charge in [-0.25, -0.2) is 4.79 Å². The van der Waals surface area contributed by atoms with Gasteiger partial charge in [0.15, 0.2) is 0 Å². The fourth-order valence-electron chi connectivity index (χ4n) is 4.08. The van der Waals surface area contributed by atoms with Gasteiger partial charge in [-0.1, -0.05) is 19.1 Å². The van der Waals surface area contributed by atoms with E-state index in [9.17, 15) is 18.0 Å². The third-order valence-corrected chi connectivity index (χ3v) is 5.52. The lowest BCUT2D eigenvalue weighted by molar-refractivity contribution is -0.137. The number of halogens is 3. The lowest BCUT2D eigenvalue weighted by Crippen LogP contribution is -2.45. The van der Waals surface area contributed by atoms with Crippen molar-refractivity contribution in [1.29, 1.82) is 0 Å². The molecule has 6 nitrogen and oxygen atoms in total. The molecule has 0 radical (unpaired) electrons. The number of rotatable bonds is 6. The van der Waals surface area contributed by atoms with Crippen LogP contribution in [0.4, 0.5) is 18.0 Å². The highest BCUT2D eigenvalue weighted by Gasteiger charge is 2.38. The van der Waals surface area contributed by atoms with Gasteiger partial charge in [-0.05, 0) is 58.2 Å². The summed E-state index contributed by atoms with van der Waals surface area (Å²) in [6.07, 6.45) is -3.09. The van der Waals surface area contributed by atoms with Crippen LogP contribution < -0.4 is 4.74 Å². The maximum Gasteiger partial charge on any atom is 0.416 e. The van der Waals surface area contributed by atoms with Crippen LogP contribution in [0.15, 0.2) is 24.3 Å². The molecule has 1 unspecified atom stereocenters. The summed E-state index contributed by atoms with van der Waals surface area (Å²) >= 11 is 0. The summed E-state index contributed by atoms with van der Waals surface area (Å²) < 4.78 is 52.3. The molecule has 3 rings (SSSR count). The third-order valence-electron chi connectivity index (χ3n) is 5.52. The fraction of sp³-hybridized carbons (Fsp3) is 0.583. The van der Waals surface area contributed by atoms with E-state index in [0.29, 0.717) is 38.4 Å². The summed E-state index contributed by atoms with van der Waals surface area (Å²) in [6.45, 7) is 10.8. The van der Waals surface area contributed by atoms with E-state index in [2.05, 4.69) is 9.55 Å². The molecule has 1 amide bonds. The smallest absolute Gasteiger partial charge is 0.416 e. The maximum atomic E-state index is 13.1. The van der Waals surface area contributed by atoms with Gasteiger partial charge < -0.3 is 14.0 Å². The van der Waals surface area contributed by atoms with Crippen molar-refractivity contribution < 1.29 is 27.4 Å². The minimum Gasteiger partial charge on any atom is -0.477 e. The summed E-state index contributed by atoms with van der Waals surface area (Å²) in [7, 11) is 0. The Labute approximate surface area is 192 Å². The minimum absolute atomic E-state index is 0.370. The van der Waals surface area contributed by atoms with Gasteiger partial charge in [0.05, 0.1) is 18.2 Å². The van der Waals surface area contributed by atoms with Gasteiger partial charge in [0.2, 0.25) is 5.88 Å². The van der Waals surface area contributed by atoms with Gasteiger partial charge in [-0.2, -0.15) is 18.2 Å². The molecule has 0 saturated carbocycles. The summed E-state index contributed by atoms with van der Waals surface area (Å²) in [5.74, 6) is 1.39. The Balaban J connectivity index is 1.92. The number of carbonyl (C=O) groups is 1. The Morgan fingerprint density at radius 3 is 2.33 bits per heavy atom. The Morgan fingerprint density at radius 1 is 1.12 bits per heavy atom. The Morgan fingerprint density at radius 2 is 1.79 bits per heavy atom. The van der Waals surface area contributed by atoms with Crippen molar-refractivity contribution in [2.45, 2.75) is 78.2 Å². The first-order valence-electron chi connectivity index (χ1n) is 11.3. The van der Waals surface area contributed by atoms with Gasteiger partial charge in [-0.15, -0.1) is 0 Å². The number of imidazole rings is 1. The number of hydrogen-bond acceptors (Lipinski definition) is 4. The Kier molecular flexibility index (Phi) is 7.29. The molecule has 182 valence electrons. The highest BCUT2D eigenvalue weighted by molar-refractivity contribution is 5.69. The number of fused-ring (bicyclic) bond motifs is 1. The van der Waals surface area contributed by atoms with Crippen LogP contribution in [-0.4, -0.2) is 39.3 Å². The summed E-state index contributed by atoms with van der Waals surface area (Å²) in [4.78, 5) is 19.4. The first kappa shape index (κ1) is 24.9. The average Bonchev–Trinajstić information content (AvgIpc) is 3.08. The van der Waals surface area contributed by atoms with E-state index in [0.717, 1.165) is 35.6 Å². The lowest BCUT2D eigenvalue weighted by Gasteiger charge is -2.38. The molecule has 1 aliphatic heterocycles. The molecule has 1 atom stereocenters. The topological polar surface area (TPSA) is 56.6 Å². The number of aryl methyl sites for hydroxylation is 2.